The van der Waals surface area contributed by atoms with Crippen LogP contribution >= 0.6 is 11.8 Å². The van der Waals surface area contributed by atoms with Crippen molar-refractivity contribution >= 4 is 23.6 Å². The van der Waals surface area contributed by atoms with Gasteiger partial charge in [-0.25, -0.2) is 4.79 Å². The third-order valence-corrected chi connectivity index (χ3v) is 4.75. The Morgan fingerprint density at radius 2 is 2.14 bits per heavy atom. The zero-order valence-corrected chi connectivity index (χ0v) is 12.2. The summed E-state index contributed by atoms with van der Waals surface area (Å²) in [6.07, 6.45) is -0.709. The Bertz CT molecular complexity index is 599. The van der Waals surface area contributed by atoms with E-state index in [1.54, 1.807) is 12.3 Å². The van der Waals surface area contributed by atoms with Crippen LogP contribution in [0.15, 0.2) is 41.4 Å². The fourth-order valence-corrected chi connectivity index (χ4v) is 3.80. The minimum Gasteiger partial charge on any atom is -0.456 e. The first-order chi connectivity index (χ1) is 10.1. The molecule has 1 aromatic rings. The fraction of sp³-hybridized carbons (Fsp3) is 0.333. The number of carbonyl (C=O) groups is 2. The van der Waals surface area contributed by atoms with Crippen LogP contribution < -0.4 is 0 Å². The number of carbonyl (C=O) groups excluding carboxylic acids is 2. The lowest BCUT2D eigenvalue weighted by molar-refractivity contribution is -0.158. The molecule has 0 aromatic heterocycles. The molecule has 110 valence electrons. The third-order valence-electron chi connectivity index (χ3n) is 3.60. The predicted molar refractivity (Wildman–Crippen MR) is 77.7 cm³/mol. The minimum absolute atomic E-state index is 0.175. The molecule has 6 heteroatoms. The van der Waals surface area contributed by atoms with E-state index in [0.717, 1.165) is 5.56 Å². The number of benzene rings is 1. The minimum atomic E-state index is -0.709. The van der Waals surface area contributed by atoms with E-state index in [1.165, 1.54) is 16.7 Å². The van der Waals surface area contributed by atoms with Crippen molar-refractivity contribution in [2.24, 2.45) is 5.92 Å². The highest BCUT2D eigenvalue weighted by atomic mass is 32.2. The number of amides is 1. The highest BCUT2D eigenvalue weighted by Crippen LogP contribution is 2.46. The molecule has 1 saturated heterocycles. The van der Waals surface area contributed by atoms with Crippen molar-refractivity contribution < 1.29 is 19.4 Å². The number of ether oxygens (including phenoxy) is 1. The molecule has 1 unspecified atom stereocenters. The molecule has 1 N–H and O–H groups in total. The van der Waals surface area contributed by atoms with Gasteiger partial charge in [-0.15, -0.1) is 11.8 Å². The van der Waals surface area contributed by atoms with Crippen LogP contribution in [-0.4, -0.2) is 33.4 Å². The molecule has 1 amide bonds. The molecule has 0 bridgehead atoms. The Balaban J connectivity index is 1.61. The number of thioether (sulfide) groups is 1. The Labute approximate surface area is 126 Å². The molecule has 2 heterocycles. The quantitative estimate of drug-likeness (QED) is 0.674. The summed E-state index contributed by atoms with van der Waals surface area (Å²) in [5.41, 5.74) is 1.16. The summed E-state index contributed by atoms with van der Waals surface area (Å²) in [6, 6.07) is 9.37. The number of aliphatic hydroxyl groups excluding tert-OH is 1. The standard InChI is InChI=1S/C15H15NO4S/c1-9(17)12-13(18)16-11(8-21-14(12)16)15(19)20-7-10-5-3-2-4-6-10/h2-6,8-9,12,14,17H,7H2,1H3/t9?,12-,14+/m0/s1. The average Bonchev–Trinajstić information content (AvgIpc) is 2.84. The molecule has 3 atom stereocenters. The highest BCUT2D eigenvalue weighted by Gasteiger charge is 2.55. The Kier molecular flexibility index (Phi) is 3.73. The summed E-state index contributed by atoms with van der Waals surface area (Å²) in [6.45, 7) is 1.76. The van der Waals surface area contributed by atoms with E-state index >= 15 is 0 Å². The van der Waals surface area contributed by atoms with Crippen molar-refractivity contribution in [2.45, 2.75) is 25.0 Å². The Morgan fingerprint density at radius 1 is 1.43 bits per heavy atom. The van der Waals surface area contributed by atoms with Crippen LogP contribution in [0.4, 0.5) is 0 Å². The third kappa shape index (κ3) is 2.45. The van der Waals surface area contributed by atoms with Gasteiger partial charge in [-0.05, 0) is 12.5 Å². The zero-order valence-electron chi connectivity index (χ0n) is 11.4. The lowest BCUT2D eigenvalue weighted by Crippen LogP contribution is -2.60. The Morgan fingerprint density at radius 3 is 2.81 bits per heavy atom. The van der Waals surface area contributed by atoms with E-state index in [2.05, 4.69) is 0 Å². The molecular weight excluding hydrogens is 290 g/mol. The van der Waals surface area contributed by atoms with Crippen LogP contribution in [0.5, 0.6) is 0 Å². The van der Waals surface area contributed by atoms with Gasteiger partial charge in [0.2, 0.25) is 5.91 Å². The van der Waals surface area contributed by atoms with E-state index in [9.17, 15) is 14.7 Å². The van der Waals surface area contributed by atoms with Gasteiger partial charge in [0.15, 0.2) is 0 Å². The van der Waals surface area contributed by atoms with Gasteiger partial charge >= 0.3 is 5.97 Å². The summed E-state index contributed by atoms with van der Waals surface area (Å²) in [5.74, 6) is -1.17. The first-order valence-corrected chi connectivity index (χ1v) is 7.61. The van der Waals surface area contributed by atoms with Crippen LogP contribution in [-0.2, 0) is 20.9 Å². The number of esters is 1. The van der Waals surface area contributed by atoms with Crippen molar-refractivity contribution in [1.82, 2.24) is 4.90 Å². The number of nitrogens with zero attached hydrogens (tertiary/aromatic N) is 1. The number of hydrogen-bond acceptors (Lipinski definition) is 5. The number of fused-ring (bicyclic) bond motifs is 1. The van der Waals surface area contributed by atoms with Crippen LogP contribution in [0.3, 0.4) is 0 Å². The molecule has 21 heavy (non-hydrogen) atoms. The van der Waals surface area contributed by atoms with Gasteiger partial charge in [0, 0.05) is 5.41 Å². The second-order valence-corrected chi connectivity index (χ2v) is 6.06. The van der Waals surface area contributed by atoms with Crippen LogP contribution in [0.25, 0.3) is 0 Å². The molecule has 0 saturated carbocycles. The monoisotopic (exact) mass is 305 g/mol. The van der Waals surface area contributed by atoms with Gasteiger partial charge in [-0.2, -0.15) is 0 Å². The Hall–Kier alpha value is -1.79. The number of hydrogen-bond donors (Lipinski definition) is 1. The summed E-state index contributed by atoms with van der Waals surface area (Å²) in [7, 11) is 0. The van der Waals surface area contributed by atoms with Gasteiger partial charge in [0.25, 0.3) is 0 Å². The smallest absolute Gasteiger partial charge is 0.355 e. The molecule has 1 fully saturated rings. The van der Waals surface area contributed by atoms with Gasteiger partial charge in [0.1, 0.15) is 17.7 Å². The van der Waals surface area contributed by atoms with Crippen LogP contribution in [0.2, 0.25) is 0 Å². The molecule has 5 nitrogen and oxygen atoms in total. The predicted octanol–water partition coefficient (Wildman–Crippen LogP) is 1.48. The maximum Gasteiger partial charge on any atom is 0.355 e. The van der Waals surface area contributed by atoms with E-state index in [1.807, 2.05) is 30.3 Å². The number of rotatable bonds is 4. The molecular formula is C15H15NO4S. The normalized spacial score (nSPS) is 25.0. The maximum atomic E-state index is 12.1. The van der Waals surface area contributed by atoms with Crippen molar-refractivity contribution in [3.05, 3.63) is 47.0 Å². The summed E-state index contributed by atoms with van der Waals surface area (Å²) in [5, 5.41) is 11.0. The molecule has 2 aliphatic heterocycles. The molecule has 2 aliphatic rings. The molecule has 0 spiro atoms. The van der Waals surface area contributed by atoms with E-state index in [-0.39, 0.29) is 23.6 Å². The van der Waals surface area contributed by atoms with Crippen molar-refractivity contribution in [2.75, 3.05) is 0 Å². The molecule has 0 aliphatic carbocycles. The van der Waals surface area contributed by atoms with Crippen molar-refractivity contribution in [3.63, 3.8) is 0 Å². The zero-order chi connectivity index (χ0) is 15.0. The average molecular weight is 305 g/mol. The van der Waals surface area contributed by atoms with Crippen molar-refractivity contribution in [3.8, 4) is 0 Å². The topological polar surface area (TPSA) is 66.8 Å². The lowest BCUT2D eigenvalue weighted by Gasteiger charge is -2.43. The van der Waals surface area contributed by atoms with E-state index < -0.39 is 18.0 Å². The second kappa shape index (κ2) is 5.54. The molecule has 3 rings (SSSR count). The van der Waals surface area contributed by atoms with Crippen molar-refractivity contribution in [1.29, 1.82) is 0 Å². The number of β-lactam (4-membered cyclic amide) rings is 1. The van der Waals surface area contributed by atoms with Crippen LogP contribution in [0.1, 0.15) is 12.5 Å². The first kappa shape index (κ1) is 14.2. The first-order valence-electron chi connectivity index (χ1n) is 6.67. The summed E-state index contributed by atoms with van der Waals surface area (Å²) < 4.78 is 5.23. The molecule has 1 aromatic carbocycles. The van der Waals surface area contributed by atoms with Gasteiger partial charge < -0.3 is 9.84 Å². The van der Waals surface area contributed by atoms with Gasteiger partial charge in [-0.1, -0.05) is 30.3 Å². The largest absolute Gasteiger partial charge is 0.456 e. The van der Waals surface area contributed by atoms with E-state index in [4.69, 9.17) is 4.74 Å². The second-order valence-electron chi connectivity index (χ2n) is 5.07. The number of aliphatic hydroxyl groups is 1. The van der Waals surface area contributed by atoms with Gasteiger partial charge in [0.05, 0.1) is 12.0 Å². The van der Waals surface area contributed by atoms with Gasteiger partial charge in [-0.3, -0.25) is 9.69 Å². The van der Waals surface area contributed by atoms with Crippen LogP contribution in [0, 0.1) is 5.92 Å². The summed E-state index contributed by atoms with van der Waals surface area (Å²) in [4.78, 5) is 25.5. The van der Waals surface area contributed by atoms with E-state index in [0.29, 0.717) is 0 Å². The fourth-order valence-electron chi connectivity index (χ4n) is 2.47. The highest BCUT2D eigenvalue weighted by molar-refractivity contribution is 8.03. The maximum absolute atomic E-state index is 12.1. The summed E-state index contributed by atoms with van der Waals surface area (Å²) >= 11 is 1.37. The SMILES string of the molecule is CC(O)[C@H]1C(=O)N2C(C(=O)OCc3ccccc3)=CS[C@H]12. The lowest BCUT2D eigenvalue weighted by atomic mass is 9.92. The molecule has 0 radical (unpaired) electrons.